The van der Waals surface area contributed by atoms with Crippen LogP contribution >= 0.6 is 11.3 Å². The second-order valence-electron chi connectivity index (χ2n) is 5.62. The number of rotatable bonds is 2. The van der Waals surface area contributed by atoms with E-state index in [9.17, 15) is 4.79 Å². The summed E-state index contributed by atoms with van der Waals surface area (Å²) in [4.78, 5) is 21.3. The van der Waals surface area contributed by atoms with E-state index in [1.54, 1.807) is 17.5 Å². The summed E-state index contributed by atoms with van der Waals surface area (Å²) in [6.07, 6.45) is 4.35. The van der Waals surface area contributed by atoms with E-state index in [0.29, 0.717) is 5.56 Å². The number of pyridine rings is 1. The van der Waals surface area contributed by atoms with Crippen molar-refractivity contribution in [2.45, 2.75) is 19.9 Å². The number of nitrogens with zero attached hydrogens (tertiary/aromatic N) is 2. The van der Waals surface area contributed by atoms with Crippen LogP contribution in [0.3, 0.4) is 0 Å². The molecule has 0 spiro atoms. The molecule has 0 unspecified atom stereocenters. The maximum atomic E-state index is 12.6. The summed E-state index contributed by atoms with van der Waals surface area (Å²) in [7, 11) is 0. The van der Waals surface area contributed by atoms with Gasteiger partial charge in [-0.1, -0.05) is 0 Å². The lowest BCUT2D eigenvalue weighted by Crippen LogP contribution is -2.27. The van der Waals surface area contributed by atoms with Gasteiger partial charge in [-0.05, 0) is 49.2 Å². The van der Waals surface area contributed by atoms with Crippen LogP contribution < -0.4 is 10.6 Å². The van der Waals surface area contributed by atoms with Crippen LogP contribution in [0.5, 0.6) is 0 Å². The van der Waals surface area contributed by atoms with E-state index in [0.717, 1.165) is 51.5 Å². The van der Waals surface area contributed by atoms with E-state index in [4.69, 9.17) is 0 Å². The average molecular weight is 324 g/mol. The number of carbonyl (C=O) groups is 1. The predicted octanol–water partition coefficient (Wildman–Crippen LogP) is 2.90. The van der Waals surface area contributed by atoms with Crippen LogP contribution in [0.25, 0.3) is 10.2 Å². The molecule has 6 heteroatoms. The molecule has 23 heavy (non-hydrogen) atoms. The summed E-state index contributed by atoms with van der Waals surface area (Å²) in [5.41, 5.74) is 4.55. The number of nitrogens with one attached hydrogen (secondary N) is 2. The lowest BCUT2D eigenvalue weighted by molar-refractivity contribution is 0.102. The molecule has 2 N–H and O–H groups in total. The Kier molecular flexibility index (Phi) is 3.55. The minimum Gasteiger partial charge on any atom is -0.322 e. The molecule has 0 radical (unpaired) electrons. The van der Waals surface area contributed by atoms with Gasteiger partial charge in [-0.15, -0.1) is 11.3 Å². The minimum atomic E-state index is -0.109. The van der Waals surface area contributed by atoms with E-state index < -0.39 is 0 Å². The summed E-state index contributed by atoms with van der Waals surface area (Å²) in [6.45, 7) is 3.65. The van der Waals surface area contributed by atoms with E-state index >= 15 is 0 Å². The Morgan fingerprint density at radius 1 is 1.35 bits per heavy atom. The molecule has 0 saturated carbocycles. The molecule has 1 amide bonds. The van der Waals surface area contributed by atoms with E-state index in [1.807, 2.05) is 31.3 Å². The first-order valence-electron chi connectivity index (χ1n) is 7.56. The van der Waals surface area contributed by atoms with Gasteiger partial charge in [-0.3, -0.25) is 9.78 Å². The normalized spacial score (nSPS) is 13.8. The van der Waals surface area contributed by atoms with Crippen molar-refractivity contribution in [1.82, 2.24) is 15.3 Å². The van der Waals surface area contributed by atoms with Crippen LogP contribution in [0.2, 0.25) is 0 Å². The Morgan fingerprint density at radius 2 is 2.26 bits per heavy atom. The molecule has 1 aromatic carbocycles. The van der Waals surface area contributed by atoms with Gasteiger partial charge in [-0.2, -0.15) is 0 Å². The molecular weight excluding hydrogens is 308 g/mol. The number of carbonyl (C=O) groups excluding carboxylic acids is 1. The van der Waals surface area contributed by atoms with Crippen LogP contribution in [0.4, 0.5) is 5.69 Å². The van der Waals surface area contributed by atoms with Gasteiger partial charge in [0.2, 0.25) is 0 Å². The number of hydrogen-bond donors (Lipinski definition) is 2. The van der Waals surface area contributed by atoms with Crippen molar-refractivity contribution >= 4 is 33.1 Å². The average Bonchev–Trinajstić information content (AvgIpc) is 2.93. The molecule has 1 aliphatic rings. The largest absolute Gasteiger partial charge is 0.322 e. The van der Waals surface area contributed by atoms with Crippen molar-refractivity contribution in [1.29, 1.82) is 0 Å². The summed E-state index contributed by atoms with van der Waals surface area (Å²) >= 11 is 1.65. The number of thiazole rings is 1. The van der Waals surface area contributed by atoms with Crippen molar-refractivity contribution in [2.24, 2.45) is 0 Å². The molecule has 3 heterocycles. The molecule has 116 valence electrons. The van der Waals surface area contributed by atoms with Gasteiger partial charge in [0, 0.05) is 24.6 Å². The molecule has 0 fully saturated rings. The number of aryl methyl sites for hydroxylation is 1. The van der Waals surface area contributed by atoms with Crippen LogP contribution in [-0.4, -0.2) is 22.4 Å². The highest BCUT2D eigenvalue weighted by Crippen LogP contribution is 2.25. The highest BCUT2D eigenvalue weighted by Gasteiger charge is 2.18. The number of aromatic nitrogens is 2. The molecule has 0 atom stereocenters. The van der Waals surface area contributed by atoms with Crippen LogP contribution in [0.15, 0.2) is 30.6 Å². The number of fused-ring (bicyclic) bond motifs is 2. The summed E-state index contributed by atoms with van der Waals surface area (Å²) in [6, 6.07) is 5.83. The molecule has 1 aliphatic heterocycles. The van der Waals surface area contributed by atoms with Gasteiger partial charge in [0.1, 0.15) is 0 Å². The zero-order valence-electron chi connectivity index (χ0n) is 12.7. The summed E-state index contributed by atoms with van der Waals surface area (Å²) in [5.74, 6) is -0.109. The Labute approximate surface area is 137 Å². The van der Waals surface area contributed by atoms with Crippen LogP contribution in [0, 0.1) is 6.92 Å². The highest BCUT2D eigenvalue weighted by molar-refractivity contribution is 7.18. The lowest BCUT2D eigenvalue weighted by atomic mass is 9.98. The third kappa shape index (κ3) is 2.71. The number of anilines is 1. The summed E-state index contributed by atoms with van der Waals surface area (Å²) < 4.78 is 1.13. The van der Waals surface area contributed by atoms with Crippen LogP contribution in [-0.2, 0) is 13.0 Å². The molecule has 3 aromatic rings. The molecule has 0 saturated heterocycles. The van der Waals surface area contributed by atoms with Crippen molar-refractivity contribution in [2.75, 3.05) is 11.9 Å². The van der Waals surface area contributed by atoms with E-state index in [1.165, 1.54) is 0 Å². The van der Waals surface area contributed by atoms with Gasteiger partial charge in [-0.25, -0.2) is 4.98 Å². The smallest absolute Gasteiger partial charge is 0.257 e. The molecule has 0 bridgehead atoms. The van der Waals surface area contributed by atoms with Crippen molar-refractivity contribution < 1.29 is 4.79 Å². The fourth-order valence-corrected chi connectivity index (χ4v) is 3.74. The molecule has 4 rings (SSSR count). The maximum absolute atomic E-state index is 12.6. The minimum absolute atomic E-state index is 0.109. The van der Waals surface area contributed by atoms with Gasteiger partial charge < -0.3 is 10.6 Å². The first kappa shape index (κ1) is 14.3. The third-order valence-corrected chi connectivity index (χ3v) is 4.96. The third-order valence-electron chi connectivity index (χ3n) is 4.01. The van der Waals surface area contributed by atoms with Crippen molar-refractivity contribution in [3.05, 3.63) is 52.3 Å². The second kappa shape index (κ2) is 5.72. The maximum Gasteiger partial charge on any atom is 0.257 e. The zero-order chi connectivity index (χ0) is 15.8. The second-order valence-corrected chi connectivity index (χ2v) is 6.86. The quantitative estimate of drug-likeness (QED) is 0.760. The molecule has 5 nitrogen and oxygen atoms in total. The summed E-state index contributed by atoms with van der Waals surface area (Å²) in [5, 5.41) is 7.30. The zero-order valence-corrected chi connectivity index (χ0v) is 13.5. The predicted molar refractivity (Wildman–Crippen MR) is 92.0 cm³/mol. The Bertz CT molecular complexity index is 903. The Balaban J connectivity index is 1.64. The fraction of sp³-hybridized carbons (Fsp3) is 0.235. The van der Waals surface area contributed by atoms with Gasteiger partial charge >= 0.3 is 0 Å². The SMILES string of the molecule is Cc1nc2cc(NC(=O)c3cncc4c3CCNC4)ccc2s1. The van der Waals surface area contributed by atoms with Crippen molar-refractivity contribution in [3.63, 3.8) is 0 Å². The highest BCUT2D eigenvalue weighted by atomic mass is 32.1. The number of benzene rings is 1. The first-order chi connectivity index (χ1) is 11.2. The van der Waals surface area contributed by atoms with Crippen LogP contribution in [0.1, 0.15) is 26.5 Å². The van der Waals surface area contributed by atoms with Gasteiger partial charge in [0.15, 0.2) is 0 Å². The van der Waals surface area contributed by atoms with E-state index in [2.05, 4.69) is 20.6 Å². The fourth-order valence-electron chi connectivity index (χ4n) is 2.93. The number of amides is 1. The lowest BCUT2D eigenvalue weighted by Gasteiger charge is -2.19. The topological polar surface area (TPSA) is 66.9 Å². The van der Waals surface area contributed by atoms with E-state index in [-0.39, 0.29) is 5.91 Å². The monoisotopic (exact) mass is 324 g/mol. The first-order valence-corrected chi connectivity index (χ1v) is 8.37. The Morgan fingerprint density at radius 3 is 3.17 bits per heavy atom. The molecule has 2 aromatic heterocycles. The van der Waals surface area contributed by atoms with Gasteiger partial charge in [0.25, 0.3) is 5.91 Å². The van der Waals surface area contributed by atoms with Gasteiger partial charge in [0.05, 0.1) is 20.8 Å². The standard InChI is InChI=1S/C17H16N4OS/c1-10-20-15-6-12(2-3-16(15)23-10)21-17(22)14-9-19-8-11-7-18-5-4-13(11)14/h2-3,6,8-9,18H,4-5,7H2,1H3,(H,21,22). The van der Waals surface area contributed by atoms with Crippen molar-refractivity contribution in [3.8, 4) is 0 Å². The Hall–Kier alpha value is -2.31. The molecule has 0 aliphatic carbocycles. The number of hydrogen-bond acceptors (Lipinski definition) is 5. The molecular formula is C17H16N4OS.